The van der Waals surface area contributed by atoms with Crippen LogP contribution >= 0.6 is 23.4 Å². The molecule has 1 aromatic carbocycles. The van der Waals surface area contributed by atoms with Gasteiger partial charge in [0, 0.05) is 29.9 Å². The summed E-state index contributed by atoms with van der Waals surface area (Å²) in [5, 5.41) is 1.47. The van der Waals surface area contributed by atoms with E-state index in [2.05, 4.69) is 11.0 Å². The molecule has 1 atom stereocenters. The predicted octanol–water partition coefficient (Wildman–Crippen LogP) is 3.11. The van der Waals surface area contributed by atoms with E-state index in [-0.39, 0.29) is 5.12 Å². The van der Waals surface area contributed by atoms with Gasteiger partial charge < -0.3 is 0 Å². The van der Waals surface area contributed by atoms with Crippen molar-refractivity contribution in [2.45, 2.75) is 18.2 Å². The van der Waals surface area contributed by atoms with Crippen LogP contribution in [0.15, 0.2) is 35.9 Å². The molecule has 0 spiro atoms. The number of likely N-dealkylation sites (tertiary alicyclic amines) is 1. The number of benzene rings is 1. The number of carbonyl (C=O) groups excluding carboxylic acids is 1. The molecule has 0 saturated carbocycles. The van der Waals surface area contributed by atoms with E-state index in [9.17, 15) is 4.79 Å². The second-order valence-electron chi connectivity index (χ2n) is 4.74. The number of fused-ring (bicyclic) bond motifs is 1. The fourth-order valence-electron chi connectivity index (χ4n) is 2.53. The standard InChI is InChI=1S/C14H14ClNOS/c15-12-4-2-1-3-10(12)8-16-6-5-13-11(9-16)7-14(17)18-13/h1-4,7,13H,5-6,8-9H2. The SMILES string of the molecule is O=C1C=C2CN(Cc3ccccc3Cl)CCC2S1. The van der Waals surface area contributed by atoms with Crippen LogP contribution in [0, 0.1) is 0 Å². The number of rotatable bonds is 2. The molecule has 0 radical (unpaired) electrons. The molecule has 0 bridgehead atoms. The van der Waals surface area contributed by atoms with Crippen molar-refractivity contribution >= 4 is 28.5 Å². The van der Waals surface area contributed by atoms with Crippen molar-refractivity contribution in [2.75, 3.05) is 13.1 Å². The molecule has 2 heterocycles. The van der Waals surface area contributed by atoms with Crippen molar-refractivity contribution in [1.82, 2.24) is 4.90 Å². The van der Waals surface area contributed by atoms with E-state index < -0.39 is 0 Å². The molecule has 18 heavy (non-hydrogen) atoms. The zero-order valence-corrected chi connectivity index (χ0v) is 11.5. The first-order chi connectivity index (χ1) is 8.72. The molecule has 1 saturated heterocycles. The maximum absolute atomic E-state index is 11.4. The lowest BCUT2D eigenvalue weighted by Crippen LogP contribution is -2.35. The summed E-state index contributed by atoms with van der Waals surface area (Å²) < 4.78 is 0. The Balaban J connectivity index is 1.70. The monoisotopic (exact) mass is 279 g/mol. The fraction of sp³-hybridized carbons (Fsp3) is 0.357. The predicted molar refractivity (Wildman–Crippen MR) is 75.8 cm³/mol. The highest BCUT2D eigenvalue weighted by molar-refractivity contribution is 8.15. The highest BCUT2D eigenvalue weighted by Gasteiger charge is 2.30. The topological polar surface area (TPSA) is 20.3 Å². The molecular weight excluding hydrogens is 266 g/mol. The van der Waals surface area contributed by atoms with Gasteiger partial charge in [0.1, 0.15) is 0 Å². The van der Waals surface area contributed by atoms with E-state index in [1.165, 1.54) is 17.3 Å². The minimum atomic E-state index is 0.217. The van der Waals surface area contributed by atoms with Gasteiger partial charge in [0.2, 0.25) is 5.12 Å². The Kier molecular flexibility index (Phi) is 3.46. The van der Waals surface area contributed by atoms with Gasteiger partial charge >= 0.3 is 0 Å². The number of hydrogen-bond donors (Lipinski definition) is 0. The average molecular weight is 280 g/mol. The summed E-state index contributed by atoms with van der Waals surface area (Å²) in [6.45, 7) is 2.80. The summed E-state index contributed by atoms with van der Waals surface area (Å²) in [6, 6.07) is 7.96. The van der Waals surface area contributed by atoms with Crippen molar-refractivity contribution < 1.29 is 4.79 Å². The van der Waals surface area contributed by atoms with Crippen molar-refractivity contribution in [1.29, 1.82) is 0 Å². The van der Waals surface area contributed by atoms with Gasteiger partial charge in [-0.2, -0.15) is 0 Å². The van der Waals surface area contributed by atoms with E-state index >= 15 is 0 Å². The van der Waals surface area contributed by atoms with Crippen LogP contribution in [-0.2, 0) is 11.3 Å². The van der Waals surface area contributed by atoms with Gasteiger partial charge in [-0.3, -0.25) is 9.69 Å². The van der Waals surface area contributed by atoms with Crippen LogP contribution in [0.2, 0.25) is 5.02 Å². The third-order valence-electron chi connectivity index (χ3n) is 3.44. The summed E-state index contributed by atoms with van der Waals surface area (Å²) in [5.74, 6) is 0. The first-order valence-corrected chi connectivity index (χ1v) is 7.35. The molecule has 2 aliphatic rings. The minimum absolute atomic E-state index is 0.217. The highest BCUT2D eigenvalue weighted by atomic mass is 35.5. The second-order valence-corrected chi connectivity index (χ2v) is 6.35. The zero-order valence-electron chi connectivity index (χ0n) is 9.93. The Morgan fingerprint density at radius 1 is 1.39 bits per heavy atom. The van der Waals surface area contributed by atoms with Crippen LogP contribution in [-0.4, -0.2) is 28.4 Å². The maximum atomic E-state index is 11.4. The molecule has 3 rings (SSSR count). The van der Waals surface area contributed by atoms with E-state index in [1.54, 1.807) is 0 Å². The maximum Gasteiger partial charge on any atom is 0.212 e. The highest BCUT2D eigenvalue weighted by Crippen LogP contribution is 2.35. The van der Waals surface area contributed by atoms with Crippen LogP contribution in [0.3, 0.4) is 0 Å². The van der Waals surface area contributed by atoms with Crippen molar-refractivity contribution in [3.63, 3.8) is 0 Å². The number of thioether (sulfide) groups is 1. The normalized spacial score (nSPS) is 23.9. The van der Waals surface area contributed by atoms with E-state index in [0.29, 0.717) is 5.25 Å². The fourth-order valence-corrected chi connectivity index (χ4v) is 3.74. The van der Waals surface area contributed by atoms with E-state index in [4.69, 9.17) is 11.6 Å². The number of halogens is 1. The molecule has 0 aliphatic carbocycles. The number of carbonyl (C=O) groups is 1. The molecule has 4 heteroatoms. The van der Waals surface area contributed by atoms with Gasteiger partial charge in [0.15, 0.2) is 0 Å². The van der Waals surface area contributed by atoms with Crippen molar-refractivity contribution in [3.8, 4) is 0 Å². The van der Waals surface area contributed by atoms with Crippen LogP contribution in [0.25, 0.3) is 0 Å². The molecule has 0 N–H and O–H groups in total. The largest absolute Gasteiger partial charge is 0.295 e. The van der Waals surface area contributed by atoms with Gasteiger partial charge in [-0.05, 0) is 29.7 Å². The third kappa shape index (κ3) is 2.48. The van der Waals surface area contributed by atoms with Crippen LogP contribution in [0.4, 0.5) is 0 Å². The number of piperidine rings is 1. The Morgan fingerprint density at radius 3 is 3.06 bits per heavy atom. The molecular formula is C14H14ClNOS. The molecule has 1 aromatic rings. The quantitative estimate of drug-likeness (QED) is 0.830. The summed E-state index contributed by atoms with van der Waals surface area (Å²) in [4.78, 5) is 13.7. The Labute approximate surface area is 116 Å². The van der Waals surface area contributed by atoms with Crippen molar-refractivity contribution in [2.24, 2.45) is 0 Å². The minimum Gasteiger partial charge on any atom is -0.295 e. The molecule has 94 valence electrons. The molecule has 1 fully saturated rings. The zero-order chi connectivity index (χ0) is 12.5. The Hall–Kier alpha value is -0.770. The Morgan fingerprint density at radius 2 is 2.22 bits per heavy atom. The number of hydrogen-bond acceptors (Lipinski definition) is 3. The summed E-state index contributed by atoms with van der Waals surface area (Å²) in [6.07, 6.45) is 2.88. The lowest BCUT2D eigenvalue weighted by Gasteiger charge is -2.31. The Bertz CT molecular complexity index is 514. The van der Waals surface area contributed by atoms with Crippen LogP contribution < -0.4 is 0 Å². The molecule has 0 amide bonds. The lowest BCUT2D eigenvalue weighted by molar-refractivity contribution is -0.106. The first kappa shape index (κ1) is 12.3. The van der Waals surface area contributed by atoms with Gasteiger partial charge in [0.25, 0.3) is 0 Å². The first-order valence-electron chi connectivity index (χ1n) is 6.09. The van der Waals surface area contributed by atoms with Gasteiger partial charge in [-0.25, -0.2) is 0 Å². The number of nitrogens with zero attached hydrogens (tertiary/aromatic N) is 1. The average Bonchev–Trinajstić information content (AvgIpc) is 2.71. The van der Waals surface area contributed by atoms with E-state index in [0.717, 1.165) is 36.6 Å². The van der Waals surface area contributed by atoms with E-state index in [1.807, 2.05) is 24.3 Å². The molecule has 2 nitrogen and oxygen atoms in total. The summed E-state index contributed by atoms with van der Waals surface area (Å²) in [5.41, 5.74) is 2.44. The smallest absolute Gasteiger partial charge is 0.212 e. The lowest BCUT2D eigenvalue weighted by atomic mass is 10.0. The third-order valence-corrected chi connectivity index (χ3v) is 4.98. The van der Waals surface area contributed by atoms with Gasteiger partial charge in [-0.15, -0.1) is 0 Å². The van der Waals surface area contributed by atoms with Crippen LogP contribution in [0.5, 0.6) is 0 Å². The summed E-state index contributed by atoms with van der Waals surface area (Å²) >= 11 is 7.66. The van der Waals surface area contributed by atoms with Gasteiger partial charge in [0.05, 0.1) is 0 Å². The van der Waals surface area contributed by atoms with Gasteiger partial charge in [-0.1, -0.05) is 41.6 Å². The summed E-state index contributed by atoms with van der Waals surface area (Å²) in [7, 11) is 0. The van der Waals surface area contributed by atoms with Crippen LogP contribution in [0.1, 0.15) is 12.0 Å². The molecule has 1 unspecified atom stereocenters. The molecule has 2 aliphatic heterocycles. The second kappa shape index (κ2) is 5.08. The molecule has 0 aromatic heterocycles. The van der Waals surface area contributed by atoms with Crippen molar-refractivity contribution in [3.05, 3.63) is 46.5 Å².